The van der Waals surface area contributed by atoms with Crippen LogP contribution in [0.2, 0.25) is 0 Å². The maximum absolute atomic E-state index is 5.74. The maximum Gasteiger partial charge on any atom is 0.150 e. The van der Waals surface area contributed by atoms with Gasteiger partial charge in [-0.1, -0.05) is 13.2 Å². The van der Waals surface area contributed by atoms with Crippen LogP contribution < -0.4 is 9.47 Å². The summed E-state index contributed by atoms with van der Waals surface area (Å²) in [6, 6.07) is 0. The molecule has 0 aromatic heterocycles. The van der Waals surface area contributed by atoms with Crippen molar-refractivity contribution in [3.8, 4) is 11.5 Å². The Balaban J connectivity index is 3.19. The van der Waals surface area contributed by atoms with Crippen LogP contribution in [0, 0.1) is 0 Å². The molecule has 0 radical (unpaired) electrons. The first-order chi connectivity index (χ1) is 9.25. The van der Waals surface area contributed by atoms with Gasteiger partial charge in [-0.25, -0.2) is 0 Å². The molecule has 1 rings (SSSR count). The Morgan fingerprint density at radius 2 is 1.00 bits per heavy atom. The highest BCUT2D eigenvalue weighted by molar-refractivity contribution is 9.14. The molecular weight excluding hydrogens is 520 g/mol. The molecule has 0 aliphatic carbocycles. The van der Waals surface area contributed by atoms with Gasteiger partial charge in [-0.05, 0) is 88.7 Å². The summed E-state index contributed by atoms with van der Waals surface area (Å²) < 4.78 is 14.6. The third-order valence-corrected chi connectivity index (χ3v) is 6.20. The highest BCUT2D eigenvalue weighted by Crippen LogP contribution is 2.50. The summed E-state index contributed by atoms with van der Waals surface area (Å²) >= 11 is 14.1. The summed E-state index contributed by atoms with van der Waals surface area (Å²) in [4.78, 5) is 0. The summed E-state index contributed by atoms with van der Waals surface area (Å²) in [5, 5.41) is 0. The van der Waals surface area contributed by atoms with Crippen molar-refractivity contribution in [3.05, 3.63) is 42.2 Å². The lowest BCUT2D eigenvalue weighted by Crippen LogP contribution is -2.03. The molecule has 1 aromatic rings. The summed E-state index contributed by atoms with van der Waals surface area (Å²) in [6.45, 7) is 12.4. The van der Waals surface area contributed by atoms with E-state index in [1.54, 1.807) is 0 Å². The molecule has 0 N–H and O–H groups in total. The quantitative estimate of drug-likeness (QED) is 0.301. The van der Waals surface area contributed by atoms with Crippen LogP contribution >= 0.6 is 63.7 Å². The van der Waals surface area contributed by atoms with Gasteiger partial charge in [-0.15, -0.1) is 0 Å². The number of halogens is 4. The number of ether oxygens (including phenoxy) is 2. The summed E-state index contributed by atoms with van der Waals surface area (Å²) in [5.41, 5.74) is 1.89. The Labute approximate surface area is 153 Å². The number of rotatable bonds is 6. The average molecular weight is 534 g/mol. The Kier molecular flexibility index (Phi) is 7.32. The van der Waals surface area contributed by atoms with Crippen LogP contribution in [0.4, 0.5) is 0 Å². The molecule has 2 nitrogen and oxygen atoms in total. The lowest BCUT2D eigenvalue weighted by Gasteiger charge is -2.17. The monoisotopic (exact) mass is 530 g/mol. The van der Waals surface area contributed by atoms with Crippen molar-refractivity contribution in [2.24, 2.45) is 0 Å². The summed E-state index contributed by atoms with van der Waals surface area (Å²) in [5.74, 6) is 1.38. The van der Waals surface area contributed by atoms with E-state index in [0.717, 1.165) is 29.0 Å². The van der Waals surface area contributed by atoms with Crippen molar-refractivity contribution in [2.75, 3.05) is 13.2 Å². The zero-order valence-corrected chi connectivity index (χ0v) is 17.5. The normalized spacial score (nSPS) is 10.3. The van der Waals surface area contributed by atoms with E-state index < -0.39 is 0 Å². The van der Waals surface area contributed by atoms with Gasteiger partial charge in [-0.3, -0.25) is 0 Å². The number of hydrogen-bond acceptors (Lipinski definition) is 2. The zero-order valence-electron chi connectivity index (χ0n) is 11.2. The van der Waals surface area contributed by atoms with Crippen LogP contribution in [0.3, 0.4) is 0 Å². The van der Waals surface area contributed by atoms with Gasteiger partial charge in [0.05, 0.1) is 17.9 Å². The van der Waals surface area contributed by atoms with Crippen LogP contribution in [0.25, 0.3) is 0 Å². The van der Waals surface area contributed by atoms with E-state index in [4.69, 9.17) is 9.47 Å². The molecule has 110 valence electrons. The lowest BCUT2D eigenvalue weighted by molar-refractivity contribution is 0.335. The first-order valence-corrected chi connectivity index (χ1v) is 8.83. The third kappa shape index (κ3) is 4.61. The Morgan fingerprint density at radius 3 is 1.20 bits per heavy atom. The van der Waals surface area contributed by atoms with Gasteiger partial charge in [0.2, 0.25) is 0 Å². The molecule has 6 heteroatoms. The predicted octanol–water partition coefficient (Wildman–Crippen LogP) is 6.65. The lowest BCUT2D eigenvalue weighted by atomic mass is 10.3. The van der Waals surface area contributed by atoms with Crippen molar-refractivity contribution in [1.29, 1.82) is 0 Å². The molecule has 0 atom stereocenters. The van der Waals surface area contributed by atoms with Crippen LogP contribution in [-0.2, 0) is 0 Å². The Morgan fingerprint density at radius 1 is 0.750 bits per heavy atom. The molecule has 0 saturated carbocycles. The van der Waals surface area contributed by atoms with Gasteiger partial charge in [0.25, 0.3) is 0 Å². The molecule has 0 bridgehead atoms. The van der Waals surface area contributed by atoms with Crippen molar-refractivity contribution >= 4 is 63.7 Å². The molecule has 0 aliphatic rings. The van der Waals surface area contributed by atoms with E-state index in [-0.39, 0.29) is 0 Å². The summed E-state index contributed by atoms with van der Waals surface area (Å²) in [6.07, 6.45) is 0. The van der Waals surface area contributed by atoms with Crippen molar-refractivity contribution in [1.82, 2.24) is 0 Å². The largest absolute Gasteiger partial charge is 0.487 e. The van der Waals surface area contributed by atoms with Crippen molar-refractivity contribution in [3.63, 3.8) is 0 Å². The maximum atomic E-state index is 5.74. The minimum Gasteiger partial charge on any atom is -0.487 e. The third-order valence-electron chi connectivity index (χ3n) is 2.11. The highest BCUT2D eigenvalue weighted by Gasteiger charge is 2.21. The van der Waals surface area contributed by atoms with Gasteiger partial charge < -0.3 is 9.47 Å². The minimum atomic E-state index is 0.446. The smallest absolute Gasteiger partial charge is 0.150 e. The van der Waals surface area contributed by atoms with Crippen LogP contribution in [0.5, 0.6) is 11.5 Å². The topological polar surface area (TPSA) is 18.5 Å². The molecule has 1 aromatic carbocycles. The van der Waals surface area contributed by atoms with Gasteiger partial charge in [-0.2, -0.15) is 0 Å². The van der Waals surface area contributed by atoms with E-state index in [1.165, 1.54) is 0 Å². The van der Waals surface area contributed by atoms with E-state index in [2.05, 4.69) is 76.9 Å². The predicted molar refractivity (Wildman–Crippen MR) is 97.9 cm³/mol. The molecule has 0 heterocycles. The second kappa shape index (κ2) is 8.01. The molecule has 0 aliphatic heterocycles. The van der Waals surface area contributed by atoms with Gasteiger partial charge in [0, 0.05) is 0 Å². The van der Waals surface area contributed by atoms with Crippen LogP contribution in [0.1, 0.15) is 13.8 Å². The fraction of sp³-hybridized carbons (Fsp3) is 0.286. The zero-order chi connectivity index (χ0) is 15.4. The van der Waals surface area contributed by atoms with Crippen molar-refractivity contribution < 1.29 is 9.47 Å². The molecule has 0 amide bonds. The van der Waals surface area contributed by atoms with Gasteiger partial charge in [0.15, 0.2) is 11.5 Å². The first-order valence-electron chi connectivity index (χ1n) is 5.66. The summed E-state index contributed by atoms with van der Waals surface area (Å²) in [7, 11) is 0. The Bertz CT molecular complexity index is 475. The average Bonchev–Trinajstić information content (AvgIpc) is 2.35. The molecule has 0 spiro atoms. The van der Waals surface area contributed by atoms with Crippen LogP contribution in [0.15, 0.2) is 42.2 Å². The second-order valence-corrected chi connectivity index (χ2v) is 7.58. The number of benzene rings is 1. The van der Waals surface area contributed by atoms with Gasteiger partial charge >= 0.3 is 0 Å². The fourth-order valence-electron chi connectivity index (χ4n) is 1.24. The van der Waals surface area contributed by atoms with E-state index >= 15 is 0 Å². The SMILES string of the molecule is C=C(C)COc1c(Br)c(Br)c(OCC(=C)C)c(Br)c1Br. The molecule has 0 unspecified atom stereocenters. The molecule has 0 saturated heterocycles. The Hall–Kier alpha value is 0.220. The molecule has 20 heavy (non-hydrogen) atoms. The molecular formula is C14H14Br4O2. The minimum absolute atomic E-state index is 0.446. The first kappa shape index (κ1) is 18.3. The van der Waals surface area contributed by atoms with Gasteiger partial charge in [0.1, 0.15) is 13.2 Å². The van der Waals surface area contributed by atoms with Crippen molar-refractivity contribution in [2.45, 2.75) is 13.8 Å². The highest BCUT2D eigenvalue weighted by atomic mass is 79.9. The molecule has 0 fully saturated rings. The number of hydrogen-bond donors (Lipinski definition) is 0. The van der Waals surface area contributed by atoms with E-state index in [0.29, 0.717) is 24.7 Å². The standard InChI is InChI=1S/C14H14Br4O2/c1-7(2)5-19-13-9(15)11(17)14(12(18)10(13)16)20-6-8(3)4/h1,3,5-6H2,2,4H3. The fourth-order valence-corrected chi connectivity index (χ4v) is 3.74. The van der Waals surface area contributed by atoms with E-state index in [9.17, 15) is 0 Å². The second-order valence-electron chi connectivity index (χ2n) is 4.41. The van der Waals surface area contributed by atoms with E-state index in [1.807, 2.05) is 13.8 Å². The van der Waals surface area contributed by atoms with Crippen LogP contribution in [-0.4, -0.2) is 13.2 Å².